The minimum atomic E-state index is -1.82. The summed E-state index contributed by atoms with van der Waals surface area (Å²) < 4.78 is 0. The van der Waals surface area contributed by atoms with Crippen LogP contribution in [0.15, 0.2) is 34.2 Å². The summed E-state index contributed by atoms with van der Waals surface area (Å²) in [6.07, 6.45) is 1.75. The Balaban J connectivity index is 0.000000286. The standard InChI is InChI=1S/C9H9N3S2.C2H2O4/c1-7(8-3-2-5-13-8)11-12-9-10-4-6-14-9;3-1(4)2(5)6/h2-6H,1H3,(H,10,12);(H,3,4)(H,5,6)/b11-7-;. The molecule has 0 saturated heterocycles. The minimum absolute atomic E-state index is 0.820. The van der Waals surface area contributed by atoms with E-state index in [1.165, 1.54) is 16.2 Å². The summed E-state index contributed by atoms with van der Waals surface area (Å²) in [4.78, 5) is 23.4. The monoisotopic (exact) mass is 313 g/mol. The zero-order valence-corrected chi connectivity index (χ0v) is 11.9. The molecule has 7 nitrogen and oxygen atoms in total. The van der Waals surface area contributed by atoms with Gasteiger partial charge >= 0.3 is 11.9 Å². The number of hydrogen-bond donors (Lipinski definition) is 3. The second kappa shape index (κ2) is 8.02. The van der Waals surface area contributed by atoms with E-state index in [1.807, 2.05) is 29.8 Å². The molecule has 2 aromatic rings. The number of anilines is 1. The van der Waals surface area contributed by atoms with E-state index in [4.69, 9.17) is 19.8 Å². The molecule has 2 heterocycles. The highest BCUT2D eigenvalue weighted by molar-refractivity contribution is 7.13. The normalized spacial score (nSPS) is 10.3. The van der Waals surface area contributed by atoms with E-state index in [1.54, 1.807) is 17.5 Å². The van der Waals surface area contributed by atoms with Gasteiger partial charge in [0.05, 0.1) is 5.71 Å². The first kappa shape index (κ1) is 15.8. The zero-order chi connectivity index (χ0) is 15.0. The number of carbonyl (C=O) groups is 2. The van der Waals surface area contributed by atoms with Crippen molar-refractivity contribution in [3.8, 4) is 0 Å². The summed E-state index contributed by atoms with van der Waals surface area (Å²) in [7, 11) is 0. The molecule has 20 heavy (non-hydrogen) atoms. The predicted molar refractivity (Wildman–Crippen MR) is 77.5 cm³/mol. The summed E-state index contributed by atoms with van der Waals surface area (Å²) in [6, 6.07) is 4.06. The van der Waals surface area contributed by atoms with Crippen LogP contribution in [0, 0.1) is 0 Å². The third-order valence-electron chi connectivity index (χ3n) is 1.81. The topological polar surface area (TPSA) is 112 Å². The summed E-state index contributed by atoms with van der Waals surface area (Å²) >= 11 is 3.22. The van der Waals surface area contributed by atoms with Gasteiger partial charge in [-0.25, -0.2) is 14.6 Å². The van der Waals surface area contributed by atoms with Crippen LogP contribution >= 0.6 is 22.7 Å². The fourth-order valence-corrected chi connectivity index (χ4v) is 2.10. The van der Waals surface area contributed by atoms with E-state index < -0.39 is 11.9 Å². The number of rotatable bonds is 3. The molecule has 0 aromatic carbocycles. The summed E-state index contributed by atoms with van der Waals surface area (Å²) in [5, 5.41) is 23.8. The van der Waals surface area contributed by atoms with Crippen LogP contribution in [0.3, 0.4) is 0 Å². The van der Waals surface area contributed by atoms with Crippen LogP contribution in [-0.2, 0) is 9.59 Å². The SMILES string of the molecule is C/C(=N/Nc1nccs1)c1cccs1.O=C(O)C(=O)O. The van der Waals surface area contributed by atoms with Gasteiger partial charge in [-0.3, -0.25) is 5.43 Å². The molecule has 0 radical (unpaired) electrons. The fraction of sp³-hybridized carbons (Fsp3) is 0.0909. The molecule has 0 aliphatic heterocycles. The van der Waals surface area contributed by atoms with Crippen molar-refractivity contribution in [2.75, 3.05) is 5.43 Å². The van der Waals surface area contributed by atoms with Gasteiger partial charge in [0.15, 0.2) is 0 Å². The van der Waals surface area contributed by atoms with E-state index in [0.717, 1.165) is 10.8 Å². The Morgan fingerprint density at radius 1 is 1.25 bits per heavy atom. The Kier molecular flexibility index (Phi) is 6.33. The molecule has 106 valence electrons. The third kappa shape index (κ3) is 5.59. The van der Waals surface area contributed by atoms with E-state index >= 15 is 0 Å². The number of carboxylic acid groups (broad SMARTS) is 2. The van der Waals surface area contributed by atoms with Crippen molar-refractivity contribution in [1.29, 1.82) is 0 Å². The molecular weight excluding hydrogens is 302 g/mol. The lowest BCUT2D eigenvalue weighted by atomic mass is 10.3. The molecule has 0 aliphatic carbocycles. The van der Waals surface area contributed by atoms with Gasteiger partial charge in [0.1, 0.15) is 0 Å². The Morgan fingerprint density at radius 2 is 1.95 bits per heavy atom. The van der Waals surface area contributed by atoms with Gasteiger partial charge in [0.2, 0.25) is 5.13 Å². The molecule has 0 aliphatic rings. The fourth-order valence-electron chi connectivity index (χ4n) is 0.950. The van der Waals surface area contributed by atoms with Crippen LogP contribution in [0.25, 0.3) is 0 Å². The summed E-state index contributed by atoms with van der Waals surface area (Å²) in [6.45, 7) is 1.98. The first-order chi connectivity index (χ1) is 9.50. The first-order valence-electron chi connectivity index (χ1n) is 5.20. The number of nitrogens with one attached hydrogen (secondary N) is 1. The van der Waals surface area contributed by atoms with Gasteiger partial charge in [0.25, 0.3) is 0 Å². The molecule has 0 bridgehead atoms. The average molecular weight is 313 g/mol. The Hall–Kier alpha value is -2.26. The molecule has 0 amide bonds. The maximum absolute atomic E-state index is 9.10. The molecule has 2 aromatic heterocycles. The zero-order valence-electron chi connectivity index (χ0n) is 10.3. The number of hydrogen-bond acceptors (Lipinski definition) is 7. The molecule has 0 fully saturated rings. The quantitative estimate of drug-likeness (QED) is 0.455. The highest BCUT2D eigenvalue weighted by Gasteiger charge is 2.04. The average Bonchev–Trinajstić information content (AvgIpc) is 3.09. The predicted octanol–water partition coefficient (Wildman–Crippen LogP) is 2.20. The van der Waals surface area contributed by atoms with Crippen molar-refractivity contribution in [3.63, 3.8) is 0 Å². The third-order valence-corrected chi connectivity index (χ3v) is 3.47. The van der Waals surface area contributed by atoms with Crippen molar-refractivity contribution in [1.82, 2.24) is 4.98 Å². The summed E-state index contributed by atoms with van der Waals surface area (Å²) in [5.41, 5.74) is 3.90. The number of thiazole rings is 1. The van der Waals surface area contributed by atoms with Crippen molar-refractivity contribution in [2.45, 2.75) is 6.92 Å². The molecule has 3 N–H and O–H groups in total. The van der Waals surface area contributed by atoms with Gasteiger partial charge < -0.3 is 10.2 Å². The maximum Gasteiger partial charge on any atom is 0.414 e. The maximum atomic E-state index is 9.10. The van der Waals surface area contributed by atoms with E-state index in [2.05, 4.69) is 15.5 Å². The Morgan fingerprint density at radius 3 is 2.40 bits per heavy atom. The number of thiophene rings is 1. The van der Waals surface area contributed by atoms with Crippen LogP contribution in [0.2, 0.25) is 0 Å². The first-order valence-corrected chi connectivity index (χ1v) is 6.96. The van der Waals surface area contributed by atoms with Gasteiger partial charge in [-0.2, -0.15) is 5.10 Å². The van der Waals surface area contributed by atoms with Gasteiger partial charge in [-0.15, -0.1) is 22.7 Å². The minimum Gasteiger partial charge on any atom is -0.473 e. The highest BCUT2D eigenvalue weighted by Crippen LogP contribution is 2.12. The lowest BCUT2D eigenvalue weighted by Gasteiger charge is -1.96. The van der Waals surface area contributed by atoms with Crippen LogP contribution in [0.5, 0.6) is 0 Å². The molecule has 2 rings (SSSR count). The number of aromatic nitrogens is 1. The lowest BCUT2D eigenvalue weighted by Crippen LogP contribution is -2.09. The van der Waals surface area contributed by atoms with E-state index in [9.17, 15) is 0 Å². The van der Waals surface area contributed by atoms with Crippen molar-refractivity contribution < 1.29 is 19.8 Å². The van der Waals surface area contributed by atoms with Crippen molar-refractivity contribution in [2.24, 2.45) is 5.10 Å². The van der Waals surface area contributed by atoms with Crippen LogP contribution in [0.1, 0.15) is 11.8 Å². The molecule has 0 atom stereocenters. The Labute approximate surface area is 122 Å². The van der Waals surface area contributed by atoms with Crippen LogP contribution < -0.4 is 5.43 Å². The second-order valence-electron chi connectivity index (χ2n) is 3.23. The molecule has 9 heteroatoms. The molecular formula is C11H11N3O4S2. The van der Waals surface area contributed by atoms with Crippen LogP contribution in [-0.4, -0.2) is 32.8 Å². The molecule has 0 spiro atoms. The van der Waals surface area contributed by atoms with Crippen molar-refractivity contribution in [3.05, 3.63) is 34.0 Å². The highest BCUT2D eigenvalue weighted by atomic mass is 32.1. The van der Waals surface area contributed by atoms with Crippen molar-refractivity contribution >= 4 is 45.5 Å². The van der Waals surface area contributed by atoms with Gasteiger partial charge in [-0.05, 0) is 18.4 Å². The van der Waals surface area contributed by atoms with Gasteiger partial charge in [0, 0.05) is 16.5 Å². The van der Waals surface area contributed by atoms with E-state index in [0.29, 0.717) is 0 Å². The number of nitrogens with zero attached hydrogens (tertiary/aromatic N) is 2. The second-order valence-corrected chi connectivity index (χ2v) is 5.08. The van der Waals surface area contributed by atoms with Crippen LogP contribution in [0.4, 0.5) is 5.13 Å². The smallest absolute Gasteiger partial charge is 0.414 e. The number of aliphatic carboxylic acids is 2. The largest absolute Gasteiger partial charge is 0.473 e. The Bertz CT molecular complexity index is 567. The summed E-state index contributed by atoms with van der Waals surface area (Å²) in [5.74, 6) is -3.65. The van der Waals surface area contributed by atoms with Gasteiger partial charge in [-0.1, -0.05) is 6.07 Å². The molecule has 0 unspecified atom stereocenters. The number of carboxylic acids is 2. The lowest BCUT2D eigenvalue weighted by molar-refractivity contribution is -0.159. The molecule has 0 saturated carbocycles. The number of hydrazone groups is 1. The van der Waals surface area contributed by atoms with E-state index in [-0.39, 0.29) is 0 Å².